The molecule has 1 unspecified atom stereocenters. The van der Waals surface area contributed by atoms with Crippen molar-refractivity contribution in [3.63, 3.8) is 0 Å². The summed E-state index contributed by atoms with van der Waals surface area (Å²) in [5, 5.41) is 0.540. The Hall–Kier alpha value is -3.09. The molecule has 8 heteroatoms. The third kappa shape index (κ3) is 5.28. The third-order valence-electron chi connectivity index (χ3n) is 8.65. The molecule has 2 amide bonds. The molecule has 0 N–H and O–H groups in total. The van der Waals surface area contributed by atoms with Gasteiger partial charge < -0.3 is 9.64 Å². The molecule has 222 valence electrons. The predicted molar refractivity (Wildman–Crippen MR) is 172 cm³/mol. The lowest BCUT2D eigenvalue weighted by atomic mass is 9.69. The van der Waals surface area contributed by atoms with Crippen LogP contribution in [0.4, 0.5) is 4.79 Å². The summed E-state index contributed by atoms with van der Waals surface area (Å²) < 4.78 is 6.23. The summed E-state index contributed by atoms with van der Waals surface area (Å²) in [6, 6.07) is 9.64. The number of amides is 2. The van der Waals surface area contributed by atoms with Crippen molar-refractivity contribution in [1.29, 1.82) is 0 Å². The minimum Gasteiger partial charge on any atom is -0.493 e. The van der Waals surface area contributed by atoms with Crippen LogP contribution in [0.3, 0.4) is 0 Å². The maximum absolute atomic E-state index is 14.8. The van der Waals surface area contributed by atoms with Crippen LogP contribution >= 0.6 is 23.2 Å². The Kier molecular flexibility index (Phi) is 8.34. The number of rotatable bonds is 5. The van der Waals surface area contributed by atoms with Crippen molar-refractivity contribution in [2.75, 3.05) is 19.7 Å². The molecule has 42 heavy (non-hydrogen) atoms. The van der Waals surface area contributed by atoms with Gasteiger partial charge in [-0.25, -0.2) is 4.79 Å². The largest absolute Gasteiger partial charge is 0.493 e. The van der Waals surface area contributed by atoms with Gasteiger partial charge in [-0.3, -0.25) is 14.9 Å². The van der Waals surface area contributed by atoms with Gasteiger partial charge in [-0.05, 0) is 56.9 Å². The van der Waals surface area contributed by atoms with E-state index in [4.69, 9.17) is 37.9 Å². The maximum atomic E-state index is 14.8. The number of alkyl halides is 1. The third-order valence-corrected chi connectivity index (χ3v) is 9.22. The Labute approximate surface area is 259 Å². The SMILES string of the molecule is CCOc1cc(C(C)(C)C)ncc1C1=N[C@@](C)(c2ccc(Cl)cc2)[C@@](C)(C2=CCC(Cl)C=C2)N1C(=O)N1CC=CCC1. The van der Waals surface area contributed by atoms with E-state index in [0.717, 1.165) is 23.3 Å². The van der Waals surface area contributed by atoms with E-state index in [0.29, 0.717) is 48.3 Å². The molecular formula is C34H40Cl2N4O2. The fraction of sp³-hybridized carbons (Fsp3) is 0.441. The van der Waals surface area contributed by atoms with Gasteiger partial charge in [-0.2, -0.15) is 0 Å². The first kappa shape index (κ1) is 30.4. The van der Waals surface area contributed by atoms with Gasteiger partial charge in [0.1, 0.15) is 22.7 Å². The summed E-state index contributed by atoms with van der Waals surface area (Å²) in [6.45, 7) is 14.2. The zero-order chi connectivity index (χ0) is 30.3. The Morgan fingerprint density at radius 2 is 1.90 bits per heavy atom. The Morgan fingerprint density at radius 1 is 1.17 bits per heavy atom. The molecule has 5 rings (SSSR count). The fourth-order valence-corrected chi connectivity index (χ4v) is 6.28. The number of allylic oxidation sites excluding steroid dienone is 2. The van der Waals surface area contributed by atoms with Gasteiger partial charge in [0.05, 0.1) is 17.5 Å². The molecule has 2 aliphatic heterocycles. The standard InChI is InChI=1S/C34H40Cl2N4O2/c1-7-42-28-21-29(32(2,3)4)37-22-27(28)30-38-33(5,23-11-15-25(35)16-12-23)34(6,24-13-17-26(36)18-14-24)40(30)31(41)39-19-9-8-10-20-39/h8-9,11-17,21-22,26H,7,10,18-20H2,1-6H3/t26?,33-,34+/m0/s1. The molecule has 1 aromatic carbocycles. The molecule has 0 bridgehead atoms. The lowest BCUT2D eigenvalue weighted by Gasteiger charge is -2.47. The summed E-state index contributed by atoms with van der Waals surface area (Å²) in [4.78, 5) is 28.8. The molecule has 0 saturated carbocycles. The first-order valence-electron chi connectivity index (χ1n) is 14.7. The minimum absolute atomic E-state index is 0.101. The van der Waals surface area contributed by atoms with Crippen LogP contribution in [-0.4, -0.2) is 57.3 Å². The van der Waals surface area contributed by atoms with Gasteiger partial charge >= 0.3 is 6.03 Å². The van der Waals surface area contributed by atoms with Crippen molar-refractivity contribution in [2.45, 2.75) is 76.3 Å². The summed E-state index contributed by atoms with van der Waals surface area (Å²) >= 11 is 12.8. The monoisotopic (exact) mass is 606 g/mol. The number of benzene rings is 1. The minimum atomic E-state index is -0.909. The highest BCUT2D eigenvalue weighted by atomic mass is 35.5. The van der Waals surface area contributed by atoms with E-state index in [1.165, 1.54) is 0 Å². The zero-order valence-corrected chi connectivity index (χ0v) is 26.8. The topological polar surface area (TPSA) is 58.0 Å². The first-order chi connectivity index (χ1) is 19.9. The van der Waals surface area contributed by atoms with E-state index in [-0.39, 0.29) is 16.8 Å². The second-order valence-electron chi connectivity index (χ2n) is 12.4. The number of urea groups is 1. The average molecular weight is 608 g/mol. The number of carbonyl (C=O) groups excluding carboxylic acids is 1. The van der Waals surface area contributed by atoms with E-state index in [1.54, 1.807) is 0 Å². The highest BCUT2D eigenvalue weighted by molar-refractivity contribution is 6.30. The average Bonchev–Trinajstić information content (AvgIpc) is 3.21. The van der Waals surface area contributed by atoms with E-state index >= 15 is 0 Å². The van der Waals surface area contributed by atoms with Gasteiger partial charge in [0, 0.05) is 41.5 Å². The fourth-order valence-electron chi connectivity index (χ4n) is 5.99. The van der Waals surface area contributed by atoms with Crippen molar-refractivity contribution in [3.05, 3.63) is 94.3 Å². The molecule has 3 atom stereocenters. The number of hydrogen-bond acceptors (Lipinski definition) is 4. The Morgan fingerprint density at radius 3 is 2.50 bits per heavy atom. The molecule has 0 fully saturated rings. The van der Waals surface area contributed by atoms with Crippen molar-refractivity contribution < 1.29 is 9.53 Å². The predicted octanol–water partition coefficient (Wildman–Crippen LogP) is 8.04. The molecule has 2 aromatic rings. The second-order valence-corrected chi connectivity index (χ2v) is 13.4. The molecule has 3 aliphatic rings. The van der Waals surface area contributed by atoms with Gasteiger partial charge in [-0.1, -0.05) is 74.9 Å². The van der Waals surface area contributed by atoms with Crippen LogP contribution in [0.25, 0.3) is 0 Å². The lowest BCUT2D eigenvalue weighted by Crippen LogP contribution is -2.61. The number of nitrogens with zero attached hydrogens (tertiary/aromatic N) is 4. The summed E-state index contributed by atoms with van der Waals surface area (Å²) in [6.07, 6.45) is 13.6. The quantitative estimate of drug-likeness (QED) is 0.255. The summed E-state index contributed by atoms with van der Waals surface area (Å²) in [5.74, 6) is 1.19. The second kappa shape index (κ2) is 11.5. The number of amidine groups is 1. The van der Waals surface area contributed by atoms with Crippen LogP contribution < -0.4 is 4.74 Å². The zero-order valence-electron chi connectivity index (χ0n) is 25.3. The molecule has 0 saturated heterocycles. The molecule has 1 aromatic heterocycles. The molecular weight excluding hydrogens is 567 g/mol. The van der Waals surface area contributed by atoms with E-state index in [9.17, 15) is 4.79 Å². The Balaban J connectivity index is 1.79. The normalized spacial score (nSPS) is 25.9. The van der Waals surface area contributed by atoms with Gasteiger partial charge in [0.25, 0.3) is 0 Å². The van der Waals surface area contributed by atoms with Gasteiger partial charge in [0.2, 0.25) is 0 Å². The van der Waals surface area contributed by atoms with Gasteiger partial charge in [0.15, 0.2) is 0 Å². The maximum Gasteiger partial charge on any atom is 0.326 e. The van der Waals surface area contributed by atoms with Crippen molar-refractivity contribution in [1.82, 2.24) is 14.8 Å². The summed E-state index contributed by atoms with van der Waals surface area (Å²) in [7, 11) is 0. The van der Waals surface area contributed by atoms with Crippen LogP contribution in [-0.2, 0) is 11.0 Å². The van der Waals surface area contributed by atoms with Crippen LogP contribution in [0, 0.1) is 0 Å². The number of carbonyl (C=O) groups is 1. The molecule has 6 nitrogen and oxygen atoms in total. The molecule has 0 spiro atoms. The van der Waals surface area contributed by atoms with Crippen molar-refractivity contribution in [3.8, 4) is 5.75 Å². The number of aromatic nitrogens is 1. The first-order valence-corrected chi connectivity index (χ1v) is 15.5. The number of aliphatic imine (C=N–C) groups is 1. The highest BCUT2D eigenvalue weighted by Crippen LogP contribution is 2.53. The summed E-state index contributed by atoms with van der Waals surface area (Å²) in [5.41, 5.74) is 1.55. The lowest BCUT2D eigenvalue weighted by molar-refractivity contribution is 0.133. The number of pyridine rings is 1. The van der Waals surface area contributed by atoms with Crippen molar-refractivity contribution >= 4 is 35.1 Å². The Bertz CT molecular complexity index is 1470. The molecule has 1 aliphatic carbocycles. The van der Waals surface area contributed by atoms with Gasteiger partial charge in [-0.15, -0.1) is 11.6 Å². The highest BCUT2D eigenvalue weighted by Gasteiger charge is 2.60. The van der Waals surface area contributed by atoms with Crippen molar-refractivity contribution in [2.24, 2.45) is 4.99 Å². The van der Waals surface area contributed by atoms with Crippen LogP contribution in [0.5, 0.6) is 5.75 Å². The van der Waals surface area contributed by atoms with Crippen LogP contribution in [0.15, 0.2) is 77.5 Å². The molecule has 0 radical (unpaired) electrons. The van der Waals surface area contributed by atoms with E-state index in [2.05, 4.69) is 52.8 Å². The smallest absolute Gasteiger partial charge is 0.326 e. The van der Waals surface area contributed by atoms with E-state index in [1.807, 2.05) is 65.4 Å². The number of halogens is 2. The van der Waals surface area contributed by atoms with Crippen LogP contribution in [0.2, 0.25) is 5.02 Å². The van der Waals surface area contributed by atoms with Crippen LogP contribution in [0.1, 0.15) is 71.2 Å². The molecule has 3 heterocycles. The number of ether oxygens (including phenoxy) is 1. The van der Waals surface area contributed by atoms with E-state index < -0.39 is 11.1 Å². The number of hydrogen-bond donors (Lipinski definition) is 0.